The lowest BCUT2D eigenvalue weighted by molar-refractivity contribution is 0.101. The first-order chi connectivity index (χ1) is 20.8. The molecule has 0 atom stereocenters. The third-order valence-corrected chi connectivity index (χ3v) is 8.06. The molecule has 4 N–H and O–H groups in total. The van der Waals surface area contributed by atoms with E-state index in [4.69, 9.17) is 9.47 Å². The smallest absolute Gasteiger partial charge is 0.295 e. The molecule has 0 saturated heterocycles. The highest BCUT2D eigenvalue weighted by Crippen LogP contribution is 2.27. The van der Waals surface area contributed by atoms with E-state index in [1.54, 1.807) is 24.3 Å². The summed E-state index contributed by atoms with van der Waals surface area (Å²) in [5.74, 6) is -0.0173. The Morgan fingerprint density at radius 2 is 0.932 bits per heavy atom. The Morgan fingerprint density at radius 3 is 1.23 bits per heavy atom. The minimum Gasteiger partial charge on any atom is -0.497 e. The second-order valence-electron chi connectivity index (χ2n) is 9.15. The molecule has 12 nitrogen and oxygen atoms in total. The highest BCUT2D eigenvalue weighted by Gasteiger charge is 2.19. The number of hydrogen-bond donors (Lipinski definition) is 4. The summed E-state index contributed by atoms with van der Waals surface area (Å²) in [6.07, 6.45) is 2.41. The Labute approximate surface area is 253 Å². The Kier molecular flexibility index (Phi) is 9.50. The second kappa shape index (κ2) is 13.1. The Bertz CT molecular complexity index is 1810. The molecule has 0 spiro atoms. The zero-order valence-electron chi connectivity index (χ0n) is 23.2. The predicted molar refractivity (Wildman–Crippen MR) is 163 cm³/mol. The van der Waals surface area contributed by atoms with Gasteiger partial charge in [0.2, 0.25) is 0 Å². The molecule has 228 valence electrons. The van der Waals surface area contributed by atoms with E-state index in [9.17, 15) is 35.5 Å². The molecule has 0 aliphatic carbocycles. The quantitative estimate of drug-likeness (QED) is 0.138. The molecule has 0 radical (unpaired) electrons. The van der Waals surface area contributed by atoms with Crippen LogP contribution in [0, 0.1) is 0 Å². The van der Waals surface area contributed by atoms with Gasteiger partial charge in [-0.2, -0.15) is 16.8 Å². The van der Waals surface area contributed by atoms with Gasteiger partial charge in [-0.15, -0.1) is 0 Å². The summed E-state index contributed by atoms with van der Waals surface area (Å²) >= 11 is 0. The van der Waals surface area contributed by atoms with Crippen LogP contribution >= 0.6 is 0 Å². The van der Waals surface area contributed by atoms with Gasteiger partial charge in [0.25, 0.3) is 32.1 Å². The van der Waals surface area contributed by atoms with Gasteiger partial charge in [0.15, 0.2) is 0 Å². The molecule has 0 aliphatic heterocycles. The minimum atomic E-state index is -4.80. The fraction of sp³-hybridized carbons (Fsp3) is 0.0667. The Balaban J connectivity index is 1.61. The molecule has 0 saturated carbocycles. The summed E-state index contributed by atoms with van der Waals surface area (Å²) in [6.45, 7) is 0. The largest absolute Gasteiger partial charge is 0.497 e. The van der Waals surface area contributed by atoms with Crippen molar-refractivity contribution < 1.29 is 45.0 Å². The van der Waals surface area contributed by atoms with Crippen LogP contribution in [0.4, 0.5) is 11.4 Å². The maximum atomic E-state index is 12.6. The predicted octanol–water partition coefficient (Wildman–Crippen LogP) is 4.87. The number of nitrogens with one attached hydrogen (secondary N) is 2. The molecule has 44 heavy (non-hydrogen) atoms. The zero-order valence-corrected chi connectivity index (χ0v) is 24.8. The Morgan fingerprint density at radius 1 is 0.591 bits per heavy atom. The molecular weight excluding hydrogens is 612 g/mol. The number of rotatable bonds is 10. The van der Waals surface area contributed by atoms with Crippen LogP contribution in [-0.4, -0.2) is 52.0 Å². The van der Waals surface area contributed by atoms with Crippen LogP contribution in [0.5, 0.6) is 11.5 Å². The number of hydrogen-bond acceptors (Lipinski definition) is 8. The average Bonchev–Trinajstić information content (AvgIpc) is 2.99. The maximum Gasteiger partial charge on any atom is 0.295 e. The van der Waals surface area contributed by atoms with E-state index < -0.39 is 41.8 Å². The fourth-order valence-electron chi connectivity index (χ4n) is 4.02. The number of ether oxygens (including phenoxy) is 2. The number of amides is 2. The normalized spacial score (nSPS) is 11.6. The summed E-state index contributed by atoms with van der Waals surface area (Å²) in [5, 5.41) is 5.09. The molecular formula is C30H26N2O10S2. The van der Waals surface area contributed by atoms with Crippen LogP contribution in [0.3, 0.4) is 0 Å². The van der Waals surface area contributed by atoms with E-state index in [0.717, 1.165) is 12.1 Å². The molecule has 0 fully saturated rings. The number of carbonyl (C=O) groups excluding carboxylic acids is 2. The standard InChI is InChI=1S/C30H26N2O10S2/c1-41-25-13-7-21(8-14-25)29(33)31-23-11-5-19(27(17-23)43(35,36)37)3-4-20-6-12-24(18-28(20)44(38,39)40)32-30(34)22-9-15-26(42-2)16-10-22/h3-18H,1-2H3,(H,31,33)(H,32,34)(H,35,36,37)(H,38,39,40)/b4-3+. The van der Waals surface area contributed by atoms with Gasteiger partial charge >= 0.3 is 0 Å². The van der Waals surface area contributed by atoms with E-state index in [1.165, 1.54) is 74.9 Å². The van der Waals surface area contributed by atoms with Gasteiger partial charge in [-0.25, -0.2) is 0 Å². The topological polar surface area (TPSA) is 185 Å². The van der Waals surface area contributed by atoms with Crippen LogP contribution in [-0.2, 0) is 20.2 Å². The first-order valence-corrected chi connectivity index (χ1v) is 15.5. The number of benzene rings is 4. The van der Waals surface area contributed by atoms with Crippen molar-refractivity contribution in [3.05, 3.63) is 107 Å². The van der Waals surface area contributed by atoms with Crippen molar-refractivity contribution in [2.24, 2.45) is 0 Å². The number of methoxy groups -OCH3 is 2. The maximum absolute atomic E-state index is 12.6. The van der Waals surface area contributed by atoms with Crippen molar-refractivity contribution in [1.82, 2.24) is 0 Å². The lowest BCUT2D eigenvalue weighted by Crippen LogP contribution is -2.13. The molecule has 2 amide bonds. The van der Waals surface area contributed by atoms with Gasteiger partial charge in [0.05, 0.1) is 14.2 Å². The van der Waals surface area contributed by atoms with Gasteiger partial charge < -0.3 is 20.1 Å². The lowest BCUT2D eigenvalue weighted by atomic mass is 10.1. The highest BCUT2D eigenvalue weighted by atomic mass is 32.2. The molecule has 0 unspecified atom stereocenters. The summed E-state index contributed by atoms with van der Waals surface area (Å²) in [4.78, 5) is 24.1. The van der Waals surface area contributed by atoms with E-state index >= 15 is 0 Å². The van der Waals surface area contributed by atoms with Gasteiger partial charge in [-0.05, 0) is 83.9 Å². The molecule has 0 bridgehead atoms. The Hall–Kier alpha value is -5.02. The number of anilines is 2. The van der Waals surface area contributed by atoms with Crippen LogP contribution < -0.4 is 20.1 Å². The van der Waals surface area contributed by atoms with Gasteiger partial charge in [0.1, 0.15) is 21.3 Å². The second-order valence-corrected chi connectivity index (χ2v) is 11.9. The highest BCUT2D eigenvalue weighted by molar-refractivity contribution is 7.86. The fourth-order valence-corrected chi connectivity index (χ4v) is 5.44. The zero-order chi connectivity index (χ0) is 32.1. The van der Waals surface area contributed by atoms with Gasteiger partial charge in [-0.1, -0.05) is 24.3 Å². The first-order valence-electron chi connectivity index (χ1n) is 12.6. The molecule has 4 aromatic carbocycles. The van der Waals surface area contributed by atoms with Crippen molar-refractivity contribution in [3.63, 3.8) is 0 Å². The van der Waals surface area contributed by atoms with E-state index in [0.29, 0.717) is 11.5 Å². The molecule has 4 rings (SSSR count). The van der Waals surface area contributed by atoms with Crippen LogP contribution in [0.25, 0.3) is 12.2 Å². The average molecular weight is 639 g/mol. The monoisotopic (exact) mass is 638 g/mol. The van der Waals surface area contributed by atoms with Crippen molar-refractivity contribution >= 4 is 55.6 Å². The molecule has 0 heterocycles. The van der Waals surface area contributed by atoms with Crippen molar-refractivity contribution in [3.8, 4) is 11.5 Å². The summed E-state index contributed by atoms with van der Waals surface area (Å²) < 4.78 is 78.6. The third kappa shape index (κ3) is 7.87. The summed E-state index contributed by atoms with van der Waals surface area (Å²) in [5.41, 5.74) is 0.563. The summed E-state index contributed by atoms with van der Waals surface area (Å²) in [7, 11) is -6.65. The van der Waals surface area contributed by atoms with E-state index in [2.05, 4.69) is 10.6 Å². The first kappa shape index (κ1) is 31.9. The molecule has 14 heteroatoms. The molecule has 4 aromatic rings. The van der Waals surface area contributed by atoms with Crippen molar-refractivity contribution in [2.75, 3.05) is 24.9 Å². The van der Waals surface area contributed by atoms with Crippen LogP contribution in [0.1, 0.15) is 31.8 Å². The van der Waals surface area contributed by atoms with Gasteiger partial charge in [0, 0.05) is 22.5 Å². The van der Waals surface area contributed by atoms with Crippen molar-refractivity contribution in [1.29, 1.82) is 0 Å². The van der Waals surface area contributed by atoms with Crippen molar-refractivity contribution in [2.45, 2.75) is 9.79 Å². The third-order valence-electron chi connectivity index (χ3n) is 6.25. The summed E-state index contributed by atoms with van der Waals surface area (Å²) in [6, 6.07) is 19.8. The minimum absolute atomic E-state index is 0.0480. The lowest BCUT2D eigenvalue weighted by Gasteiger charge is -2.11. The van der Waals surface area contributed by atoms with Crippen LogP contribution in [0.2, 0.25) is 0 Å². The molecule has 0 aliphatic rings. The van der Waals surface area contributed by atoms with Gasteiger partial charge in [-0.3, -0.25) is 18.7 Å². The number of carbonyl (C=O) groups is 2. The van der Waals surface area contributed by atoms with E-state index in [1.807, 2.05) is 0 Å². The SMILES string of the molecule is COc1ccc(C(=O)Nc2ccc(/C=C/c3ccc(NC(=O)c4ccc(OC)cc4)cc3S(=O)(=O)O)c(S(=O)(=O)O)c2)cc1. The van der Waals surface area contributed by atoms with Crippen LogP contribution in [0.15, 0.2) is 94.7 Å². The van der Waals surface area contributed by atoms with E-state index in [-0.39, 0.29) is 33.6 Å². The molecule has 0 aromatic heterocycles.